The number of hydrogen-bond donors (Lipinski definition) is 3. The van der Waals surface area contributed by atoms with E-state index in [0.717, 1.165) is 36.6 Å². The Kier molecular flexibility index (Phi) is 13.3. The number of carbonyl (C=O) groups excluding carboxylic acids is 4. The summed E-state index contributed by atoms with van der Waals surface area (Å²) >= 11 is 3.31. The summed E-state index contributed by atoms with van der Waals surface area (Å²) in [6.45, 7) is 4.01. The molecular formula is C23H34BrN3O5. The third-order valence-electron chi connectivity index (χ3n) is 4.88. The van der Waals surface area contributed by atoms with E-state index in [1.165, 1.54) is 0 Å². The van der Waals surface area contributed by atoms with Gasteiger partial charge >= 0.3 is 5.97 Å². The molecule has 0 spiro atoms. The molecule has 0 saturated heterocycles. The van der Waals surface area contributed by atoms with E-state index in [-0.39, 0.29) is 18.9 Å². The van der Waals surface area contributed by atoms with Crippen molar-refractivity contribution in [3.05, 3.63) is 28.7 Å². The van der Waals surface area contributed by atoms with Gasteiger partial charge in [-0.2, -0.15) is 0 Å². The van der Waals surface area contributed by atoms with Gasteiger partial charge in [0.2, 0.25) is 17.7 Å². The molecule has 0 radical (unpaired) electrons. The average Bonchev–Trinajstić information content (AvgIpc) is 2.74. The van der Waals surface area contributed by atoms with Crippen LogP contribution >= 0.6 is 15.9 Å². The molecule has 0 saturated carbocycles. The lowest BCUT2D eigenvalue weighted by Crippen LogP contribution is -2.49. The first kappa shape index (κ1) is 27.6. The Bertz CT molecular complexity index is 755. The van der Waals surface area contributed by atoms with Gasteiger partial charge in [0.05, 0.1) is 12.3 Å². The molecule has 0 aliphatic heterocycles. The van der Waals surface area contributed by atoms with Crippen LogP contribution in [0.25, 0.3) is 0 Å². The lowest BCUT2D eigenvalue weighted by Gasteiger charge is -2.18. The molecule has 0 aliphatic carbocycles. The Balaban J connectivity index is 2.43. The number of unbranched alkanes of at least 4 members (excludes halogenated alkanes) is 4. The van der Waals surface area contributed by atoms with Gasteiger partial charge in [-0.15, -0.1) is 0 Å². The van der Waals surface area contributed by atoms with Crippen molar-refractivity contribution in [2.45, 2.75) is 71.3 Å². The highest BCUT2D eigenvalue weighted by Crippen LogP contribution is 2.17. The first-order valence-electron chi connectivity index (χ1n) is 11.1. The molecule has 1 rings (SSSR count). The van der Waals surface area contributed by atoms with Crippen LogP contribution in [0.2, 0.25) is 0 Å². The van der Waals surface area contributed by atoms with Crippen molar-refractivity contribution in [2.75, 3.05) is 6.54 Å². The first-order chi connectivity index (χ1) is 15.2. The molecule has 0 heterocycles. The topological polar surface area (TPSA) is 128 Å². The SMILES string of the molecule is CCCCCCCC(=O)N[C@H](CC(N)=O)C(=O)NCC[C@H](C)C(=O)Oc1ccc(Br)cc1. The van der Waals surface area contributed by atoms with E-state index in [2.05, 4.69) is 33.5 Å². The van der Waals surface area contributed by atoms with Gasteiger partial charge in [-0.05, 0) is 37.1 Å². The molecule has 2 atom stereocenters. The van der Waals surface area contributed by atoms with Gasteiger partial charge in [0, 0.05) is 17.4 Å². The summed E-state index contributed by atoms with van der Waals surface area (Å²) in [4.78, 5) is 48.1. The van der Waals surface area contributed by atoms with Crippen molar-refractivity contribution < 1.29 is 23.9 Å². The second-order valence-electron chi connectivity index (χ2n) is 7.81. The second-order valence-corrected chi connectivity index (χ2v) is 8.73. The molecule has 1 aromatic carbocycles. The van der Waals surface area contributed by atoms with Crippen molar-refractivity contribution in [3.8, 4) is 5.75 Å². The van der Waals surface area contributed by atoms with Crippen LogP contribution in [0.15, 0.2) is 28.7 Å². The largest absolute Gasteiger partial charge is 0.426 e. The molecule has 9 heteroatoms. The Morgan fingerprint density at radius 3 is 2.34 bits per heavy atom. The number of nitrogens with two attached hydrogens (primary N) is 1. The molecule has 0 bridgehead atoms. The lowest BCUT2D eigenvalue weighted by molar-refractivity contribution is -0.138. The Morgan fingerprint density at radius 2 is 1.72 bits per heavy atom. The molecule has 0 unspecified atom stereocenters. The minimum absolute atomic E-state index is 0.192. The van der Waals surface area contributed by atoms with Crippen LogP contribution in [-0.2, 0) is 19.2 Å². The van der Waals surface area contributed by atoms with Crippen LogP contribution in [0, 0.1) is 5.92 Å². The molecule has 0 aliphatic rings. The summed E-state index contributed by atoms with van der Waals surface area (Å²) in [5.41, 5.74) is 5.23. The number of ether oxygens (including phenoxy) is 1. The number of rotatable bonds is 15. The second kappa shape index (κ2) is 15.4. The number of primary amides is 1. The van der Waals surface area contributed by atoms with Gasteiger partial charge in [0.1, 0.15) is 11.8 Å². The highest BCUT2D eigenvalue weighted by molar-refractivity contribution is 9.10. The maximum absolute atomic E-state index is 12.4. The standard InChI is InChI=1S/C23H34BrN3O5/c1-3-4-5-6-7-8-21(29)27-19(15-20(25)28)22(30)26-14-13-16(2)23(31)32-18-11-9-17(24)10-12-18/h9-12,16,19H,3-8,13-15H2,1-2H3,(H2,25,28)(H,26,30)(H,27,29)/t16-,19+/m0/s1. The van der Waals surface area contributed by atoms with Crippen molar-refractivity contribution in [3.63, 3.8) is 0 Å². The summed E-state index contributed by atoms with van der Waals surface area (Å²) in [6.07, 6.45) is 5.35. The summed E-state index contributed by atoms with van der Waals surface area (Å²) in [5.74, 6) is -1.89. The van der Waals surface area contributed by atoms with Crippen molar-refractivity contribution in [1.29, 1.82) is 0 Å². The Hall–Kier alpha value is -2.42. The zero-order valence-corrected chi connectivity index (χ0v) is 20.4. The minimum atomic E-state index is -1.03. The normalized spacial score (nSPS) is 12.5. The molecule has 178 valence electrons. The molecule has 0 fully saturated rings. The van der Waals surface area contributed by atoms with Crippen molar-refractivity contribution >= 4 is 39.6 Å². The Morgan fingerprint density at radius 1 is 1.06 bits per heavy atom. The smallest absolute Gasteiger partial charge is 0.314 e. The predicted molar refractivity (Wildman–Crippen MR) is 126 cm³/mol. The number of amides is 3. The van der Waals surface area contributed by atoms with Gasteiger partial charge in [0.15, 0.2) is 0 Å². The molecular weight excluding hydrogens is 478 g/mol. The fourth-order valence-corrected chi connectivity index (χ4v) is 3.20. The van der Waals surface area contributed by atoms with Crippen LogP contribution in [0.3, 0.4) is 0 Å². The monoisotopic (exact) mass is 511 g/mol. The van der Waals surface area contributed by atoms with E-state index < -0.39 is 29.7 Å². The number of benzene rings is 1. The van der Waals surface area contributed by atoms with Crippen molar-refractivity contribution in [1.82, 2.24) is 10.6 Å². The van der Waals surface area contributed by atoms with Crippen LogP contribution in [-0.4, -0.2) is 36.3 Å². The van der Waals surface area contributed by atoms with E-state index in [1.54, 1.807) is 31.2 Å². The van der Waals surface area contributed by atoms with Crippen LogP contribution in [0.5, 0.6) is 5.75 Å². The van der Waals surface area contributed by atoms with Crippen LogP contribution < -0.4 is 21.1 Å². The van der Waals surface area contributed by atoms with Gasteiger partial charge in [-0.3, -0.25) is 19.2 Å². The van der Waals surface area contributed by atoms with Crippen LogP contribution in [0.1, 0.15) is 65.2 Å². The number of halogens is 1. The summed E-state index contributed by atoms with van der Waals surface area (Å²) in [7, 11) is 0. The summed E-state index contributed by atoms with van der Waals surface area (Å²) in [6, 6.07) is 5.87. The third kappa shape index (κ3) is 11.8. The first-order valence-corrected chi connectivity index (χ1v) is 11.8. The summed E-state index contributed by atoms with van der Waals surface area (Å²) < 4.78 is 6.19. The minimum Gasteiger partial charge on any atom is -0.426 e. The fourth-order valence-electron chi connectivity index (χ4n) is 2.94. The van der Waals surface area contributed by atoms with Gasteiger partial charge in [-0.25, -0.2) is 0 Å². The van der Waals surface area contributed by atoms with Crippen LogP contribution in [0.4, 0.5) is 0 Å². The molecule has 0 aromatic heterocycles. The van der Waals surface area contributed by atoms with E-state index in [0.29, 0.717) is 18.6 Å². The molecule has 4 N–H and O–H groups in total. The van der Waals surface area contributed by atoms with E-state index >= 15 is 0 Å². The van der Waals surface area contributed by atoms with Gasteiger partial charge in [0.25, 0.3) is 0 Å². The molecule has 8 nitrogen and oxygen atoms in total. The lowest BCUT2D eigenvalue weighted by atomic mass is 10.1. The number of nitrogens with one attached hydrogen (secondary N) is 2. The maximum atomic E-state index is 12.4. The third-order valence-corrected chi connectivity index (χ3v) is 5.40. The molecule has 32 heavy (non-hydrogen) atoms. The fraction of sp³-hybridized carbons (Fsp3) is 0.565. The highest BCUT2D eigenvalue weighted by Gasteiger charge is 2.23. The highest BCUT2D eigenvalue weighted by atomic mass is 79.9. The Labute approximate surface area is 198 Å². The van der Waals surface area contributed by atoms with E-state index in [1.807, 2.05) is 0 Å². The van der Waals surface area contributed by atoms with Gasteiger partial charge in [-0.1, -0.05) is 55.5 Å². The number of carbonyl (C=O) groups is 4. The predicted octanol–water partition coefficient (Wildman–Crippen LogP) is 3.22. The number of hydrogen-bond acceptors (Lipinski definition) is 5. The average molecular weight is 512 g/mol. The van der Waals surface area contributed by atoms with Gasteiger partial charge < -0.3 is 21.1 Å². The molecule has 3 amide bonds. The zero-order valence-electron chi connectivity index (χ0n) is 18.8. The van der Waals surface area contributed by atoms with E-state index in [9.17, 15) is 19.2 Å². The quantitative estimate of drug-likeness (QED) is 0.189. The van der Waals surface area contributed by atoms with Crippen molar-refractivity contribution in [2.24, 2.45) is 11.7 Å². The zero-order chi connectivity index (χ0) is 23.9. The summed E-state index contributed by atoms with van der Waals surface area (Å²) in [5, 5.41) is 5.25. The number of esters is 1. The maximum Gasteiger partial charge on any atom is 0.314 e. The molecule has 1 aromatic rings. The van der Waals surface area contributed by atoms with E-state index in [4.69, 9.17) is 10.5 Å².